The molecule has 0 aliphatic heterocycles. The number of nitrogens with one attached hydrogen (secondary N) is 1. The highest BCUT2D eigenvalue weighted by atomic mass is 32.2. The van der Waals surface area contributed by atoms with Gasteiger partial charge in [-0.2, -0.15) is 0 Å². The minimum atomic E-state index is -0.229. The molecule has 7 nitrogen and oxygen atoms in total. The van der Waals surface area contributed by atoms with Crippen LogP contribution in [-0.2, 0) is 13.0 Å². The number of nitrogens with zero attached hydrogens (tertiary/aromatic N) is 4. The second-order valence-electron chi connectivity index (χ2n) is 6.95. The van der Waals surface area contributed by atoms with Crippen molar-refractivity contribution < 1.29 is 9.53 Å². The summed E-state index contributed by atoms with van der Waals surface area (Å²) in [7, 11) is 1.64. The number of thiazole rings is 1. The van der Waals surface area contributed by atoms with Gasteiger partial charge in [-0.3, -0.25) is 9.36 Å². The second kappa shape index (κ2) is 10.4. The molecular weight excluding hydrogens is 442 g/mol. The van der Waals surface area contributed by atoms with Crippen LogP contribution in [0.5, 0.6) is 5.75 Å². The van der Waals surface area contributed by atoms with Crippen molar-refractivity contribution in [3.8, 4) is 11.4 Å². The van der Waals surface area contributed by atoms with Crippen LogP contribution in [0.2, 0.25) is 0 Å². The third kappa shape index (κ3) is 5.35. The number of aryl methyl sites for hydroxylation is 2. The molecule has 0 atom stereocenters. The molecular formula is C23H23N5O2S2. The van der Waals surface area contributed by atoms with Crippen molar-refractivity contribution in [2.45, 2.75) is 25.0 Å². The van der Waals surface area contributed by atoms with Crippen molar-refractivity contribution in [1.29, 1.82) is 0 Å². The maximum atomic E-state index is 12.5. The Balaban J connectivity index is 1.54. The van der Waals surface area contributed by atoms with E-state index in [9.17, 15) is 4.79 Å². The first-order valence-corrected chi connectivity index (χ1v) is 12.0. The van der Waals surface area contributed by atoms with Crippen LogP contribution in [-0.4, -0.2) is 38.5 Å². The highest BCUT2D eigenvalue weighted by Crippen LogP contribution is 2.25. The van der Waals surface area contributed by atoms with E-state index in [1.807, 2.05) is 54.0 Å². The van der Waals surface area contributed by atoms with Gasteiger partial charge in [0.15, 0.2) is 11.0 Å². The Hall–Kier alpha value is -3.17. The first-order chi connectivity index (χ1) is 15.6. The summed E-state index contributed by atoms with van der Waals surface area (Å²) in [5.74, 6) is 2.01. The number of hydrogen-bond donors (Lipinski definition) is 1. The van der Waals surface area contributed by atoms with Crippen LogP contribution in [0.4, 0.5) is 0 Å². The van der Waals surface area contributed by atoms with E-state index in [-0.39, 0.29) is 12.5 Å². The maximum Gasteiger partial charge on any atom is 0.271 e. The van der Waals surface area contributed by atoms with Crippen LogP contribution >= 0.6 is 23.1 Å². The number of rotatable bonds is 9. The number of hydrogen-bond acceptors (Lipinski definition) is 7. The average molecular weight is 466 g/mol. The van der Waals surface area contributed by atoms with Crippen molar-refractivity contribution in [2.75, 3.05) is 12.9 Å². The van der Waals surface area contributed by atoms with E-state index in [2.05, 4.69) is 32.6 Å². The predicted molar refractivity (Wildman–Crippen MR) is 127 cm³/mol. The van der Waals surface area contributed by atoms with Crippen LogP contribution in [0.3, 0.4) is 0 Å². The van der Waals surface area contributed by atoms with E-state index in [0.29, 0.717) is 11.5 Å². The van der Waals surface area contributed by atoms with Crippen molar-refractivity contribution in [2.24, 2.45) is 0 Å². The van der Waals surface area contributed by atoms with E-state index in [4.69, 9.17) is 4.74 Å². The van der Waals surface area contributed by atoms with E-state index < -0.39 is 0 Å². The molecule has 0 bridgehead atoms. The lowest BCUT2D eigenvalue weighted by atomic mass is 10.2. The molecule has 1 N–H and O–H groups in total. The summed E-state index contributed by atoms with van der Waals surface area (Å²) in [5, 5.41) is 15.0. The SMILES string of the molecule is COc1cccc(-n2c(CNC(=O)c3csc(C)n3)nnc2SCCc2ccccc2)c1. The van der Waals surface area contributed by atoms with E-state index >= 15 is 0 Å². The fraction of sp³-hybridized carbons (Fsp3) is 0.217. The Morgan fingerprint density at radius 1 is 1.16 bits per heavy atom. The molecule has 0 aliphatic carbocycles. The molecule has 1 amide bonds. The topological polar surface area (TPSA) is 81.9 Å². The minimum absolute atomic E-state index is 0.229. The first kappa shape index (κ1) is 22.0. The van der Waals surface area contributed by atoms with Gasteiger partial charge in [0.05, 0.1) is 24.3 Å². The number of thioether (sulfide) groups is 1. The van der Waals surface area contributed by atoms with Gasteiger partial charge in [-0.1, -0.05) is 48.2 Å². The molecule has 9 heteroatoms. The Kier molecular flexibility index (Phi) is 7.18. The van der Waals surface area contributed by atoms with Crippen molar-refractivity contribution >= 4 is 29.0 Å². The van der Waals surface area contributed by atoms with Gasteiger partial charge in [0.25, 0.3) is 5.91 Å². The van der Waals surface area contributed by atoms with Gasteiger partial charge in [0.1, 0.15) is 11.4 Å². The lowest BCUT2D eigenvalue weighted by molar-refractivity contribution is 0.0945. The molecule has 2 heterocycles. The lowest BCUT2D eigenvalue weighted by Crippen LogP contribution is -2.25. The molecule has 0 aliphatic rings. The molecule has 32 heavy (non-hydrogen) atoms. The number of ether oxygens (including phenoxy) is 1. The molecule has 4 aromatic rings. The molecule has 164 valence electrons. The van der Waals surface area contributed by atoms with Gasteiger partial charge in [0.2, 0.25) is 0 Å². The van der Waals surface area contributed by atoms with Gasteiger partial charge < -0.3 is 10.1 Å². The third-order valence-electron chi connectivity index (χ3n) is 4.74. The zero-order valence-electron chi connectivity index (χ0n) is 17.8. The Labute approximate surface area is 194 Å². The van der Waals surface area contributed by atoms with Crippen LogP contribution in [0, 0.1) is 6.92 Å². The van der Waals surface area contributed by atoms with Crippen molar-refractivity contribution in [1.82, 2.24) is 25.1 Å². The summed E-state index contributed by atoms with van der Waals surface area (Å²) in [6, 6.07) is 18.1. The first-order valence-electron chi connectivity index (χ1n) is 10.1. The molecule has 4 rings (SSSR count). The molecule has 2 aromatic carbocycles. The number of aromatic nitrogens is 4. The normalized spacial score (nSPS) is 10.8. The monoisotopic (exact) mass is 465 g/mol. The van der Waals surface area contributed by atoms with Gasteiger partial charge >= 0.3 is 0 Å². The molecule has 0 unspecified atom stereocenters. The number of methoxy groups -OCH3 is 1. The Morgan fingerprint density at radius 3 is 2.75 bits per heavy atom. The number of amides is 1. The highest BCUT2D eigenvalue weighted by molar-refractivity contribution is 7.99. The standard InChI is InChI=1S/C23H23N5O2S2/c1-16-25-20(15-32-16)22(29)24-14-21-26-27-23(31-12-11-17-7-4-3-5-8-17)28(21)18-9-6-10-19(13-18)30-2/h3-10,13,15H,11-12,14H2,1-2H3,(H,24,29). The Bertz CT molecular complexity index is 1190. The highest BCUT2D eigenvalue weighted by Gasteiger charge is 2.17. The fourth-order valence-corrected chi connectivity index (χ4v) is 4.69. The number of carbonyl (C=O) groups is 1. The summed E-state index contributed by atoms with van der Waals surface area (Å²) in [6.45, 7) is 2.11. The minimum Gasteiger partial charge on any atom is -0.497 e. The van der Waals surface area contributed by atoms with Crippen LogP contribution < -0.4 is 10.1 Å². The van der Waals surface area contributed by atoms with E-state index in [1.54, 1.807) is 24.3 Å². The Morgan fingerprint density at radius 2 is 2.00 bits per heavy atom. The second-order valence-corrected chi connectivity index (χ2v) is 9.08. The summed E-state index contributed by atoms with van der Waals surface area (Å²) in [4.78, 5) is 16.7. The van der Waals surface area contributed by atoms with E-state index in [0.717, 1.165) is 33.8 Å². The van der Waals surface area contributed by atoms with E-state index in [1.165, 1.54) is 16.9 Å². The zero-order valence-corrected chi connectivity index (χ0v) is 19.4. The van der Waals surface area contributed by atoms with Crippen LogP contribution in [0.15, 0.2) is 65.1 Å². The third-order valence-corrected chi connectivity index (χ3v) is 6.44. The number of benzene rings is 2. The summed E-state index contributed by atoms with van der Waals surface area (Å²) < 4.78 is 7.36. The number of carbonyl (C=O) groups excluding carboxylic acids is 1. The van der Waals surface area contributed by atoms with Gasteiger partial charge in [-0.15, -0.1) is 21.5 Å². The fourth-order valence-electron chi connectivity index (χ4n) is 3.14. The maximum absolute atomic E-state index is 12.5. The van der Waals surface area contributed by atoms with Crippen molar-refractivity contribution in [3.05, 3.63) is 82.1 Å². The van der Waals surface area contributed by atoms with Gasteiger partial charge in [-0.05, 0) is 31.0 Å². The van der Waals surface area contributed by atoms with Gasteiger partial charge in [-0.25, -0.2) is 4.98 Å². The van der Waals surface area contributed by atoms with Crippen LogP contribution in [0.1, 0.15) is 26.9 Å². The molecule has 0 spiro atoms. The molecule has 0 saturated carbocycles. The van der Waals surface area contributed by atoms with Crippen LogP contribution in [0.25, 0.3) is 5.69 Å². The van der Waals surface area contributed by atoms with Crippen molar-refractivity contribution in [3.63, 3.8) is 0 Å². The smallest absolute Gasteiger partial charge is 0.271 e. The summed E-state index contributed by atoms with van der Waals surface area (Å²) in [5.41, 5.74) is 2.57. The average Bonchev–Trinajstić information content (AvgIpc) is 3.44. The molecule has 0 fully saturated rings. The van der Waals surface area contributed by atoms with Gasteiger partial charge in [0, 0.05) is 17.2 Å². The largest absolute Gasteiger partial charge is 0.497 e. The summed E-state index contributed by atoms with van der Waals surface area (Å²) in [6.07, 6.45) is 0.922. The quantitative estimate of drug-likeness (QED) is 0.371. The zero-order chi connectivity index (χ0) is 22.3. The molecule has 0 saturated heterocycles. The molecule has 2 aromatic heterocycles. The lowest BCUT2D eigenvalue weighted by Gasteiger charge is -2.12. The molecule has 0 radical (unpaired) electrons. The predicted octanol–water partition coefficient (Wildman–Crippen LogP) is 4.31. The summed E-state index contributed by atoms with van der Waals surface area (Å²) >= 11 is 3.08.